The lowest BCUT2D eigenvalue weighted by Gasteiger charge is -2.10. The standard InChI is InChI=1S/C5H6O4P2.C3H7O2P/c6-10-1-2-4(11-7)3-5(8-2)9-3;6-5-2-3-1-4-3/h2-5H,1H2;3H,1-2,6H2/t2-,3?,4-,5?;/m1./s1. The molecule has 3 rings (SSSR count). The van der Waals surface area contributed by atoms with E-state index >= 15 is 0 Å². The number of ether oxygens (including phenoxy) is 3. The third kappa shape index (κ3) is 3.97. The predicted molar refractivity (Wildman–Crippen MR) is 62.8 cm³/mol. The van der Waals surface area contributed by atoms with E-state index in [4.69, 9.17) is 14.2 Å². The summed E-state index contributed by atoms with van der Waals surface area (Å²) in [5.74, 6) is 0. The highest BCUT2D eigenvalue weighted by Crippen LogP contribution is 2.43. The van der Waals surface area contributed by atoms with E-state index in [-0.39, 0.29) is 41.1 Å². The molecule has 96 valence electrons. The Morgan fingerprint density at radius 2 is 2.12 bits per heavy atom. The molecule has 0 aromatic rings. The summed E-state index contributed by atoms with van der Waals surface area (Å²) >= 11 is 0. The van der Waals surface area contributed by atoms with Gasteiger partial charge in [0.15, 0.2) is 23.2 Å². The molecule has 3 heterocycles. The first-order chi connectivity index (χ1) is 8.30. The first-order valence-corrected chi connectivity index (χ1v) is 7.51. The summed E-state index contributed by atoms with van der Waals surface area (Å²) in [5.41, 5.74) is -0.110. The van der Waals surface area contributed by atoms with Crippen molar-refractivity contribution in [1.82, 2.24) is 0 Å². The molecule has 0 saturated carbocycles. The molecule has 4 unspecified atom stereocenters. The van der Waals surface area contributed by atoms with Gasteiger partial charge in [0.05, 0.1) is 31.1 Å². The summed E-state index contributed by atoms with van der Waals surface area (Å²) in [7, 11) is 2.26. The van der Waals surface area contributed by atoms with Crippen LogP contribution in [0, 0.1) is 0 Å². The summed E-state index contributed by atoms with van der Waals surface area (Å²) in [6, 6.07) is 0. The van der Waals surface area contributed by atoms with Gasteiger partial charge >= 0.3 is 0 Å². The van der Waals surface area contributed by atoms with Crippen LogP contribution < -0.4 is 0 Å². The van der Waals surface area contributed by atoms with Gasteiger partial charge in [-0.15, -0.1) is 0 Å². The summed E-state index contributed by atoms with van der Waals surface area (Å²) in [4.78, 5) is 0. The molecule has 3 aliphatic rings. The number of epoxide rings is 2. The fourth-order valence-electron chi connectivity index (χ4n) is 1.55. The van der Waals surface area contributed by atoms with Gasteiger partial charge in [0.2, 0.25) is 0 Å². The van der Waals surface area contributed by atoms with E-state index in [1.807, 2.05) is 0 Å². The number of hydrogen-bond donors (Lipinski definition) is 0. The van der Waals surface area contributed by atoms with Gasteiger partial charge in [-0.2, -0.15) is 0 Å². The van der Waals surface area contributed by atoms with Gasteiger partial charge in [-0.05, 0) is 0 Å². The van der Waals surface area contributed by atoms with Gasteiger partial charge in [0.25, 0.3) is 0 Å². The number of rotatable bonds is 5. The summed E-state index contributed by atoms with van der Waals surface area (Å²) in [6.07, 6.45) is 0.477. The molecule has 0 aliphatic carbocycles. The maximum absolute atomic E-state index is 10.6. The predicted octanol–water partition coefficient (Wildman–Crippen LogP) is 1.25. The molecule has 0 bridgehead atoms. The fourth-order valence-corrected chi connectivity index (χ4v) is 3.03. The van der Waals surface area contributed by atoms with Crippen molar-refractivity contribution in [3.63, 3.8) is 0 Å². The van der Waals surface area contributed by atoms with E-state index < -0.39 is 0 Å². The monoisotopic (exact) mass is 298 g/mol. The molecular formula is C8H13O6P3. The highest BCUT2D eigenvalue weighted by atomic mass is 31.1. The molecule has 0 aromatic heterocycles. The lowest BCUT2D eigenvalue weighted by Crippen LogP contribution is -2.24. The van der Waals surface area contributed by atoms with E-state index in [0.29, 0.717) is 12.3 Å². The average molecular weight is 298 g/mol. The van der Waals surface area contributed by atoms with Crippen molar-refractivity contribution in [1.29, 1.82) is 0 Å². The van der Waals surface area contributed by atoms with Crippen LogP contribution in [0.25, 0.3) is 0 Å². The van der Waals surface area contributed by atoms with E-state index in [2.05, 4.69) is 14.0 Å². The Balaban J connectivity index is 0.000000153. The molecule has 0 N–H and O–H groups in total. The van der Waals surface area contributed by atoms with Crippen molar-refractivity contribution in [2.45, 2.75) is 30.3 Å². The Morgan fingerprint density at radius 3 is 2.59 bits per heavy atom. The normalized spacial score (nSPS) is 41.8. The first-order valence-electron chi connectivity index (χ1n) is 5.16. The largest absolute Gasteiger partial charge is 0.371 e. The molecule has 0 aromatic carbocycles. The molecule has 3 fully saturated rings. The fraction of sp³-hybridized carbons (Fsp3) is 1.00. The van der Waals surface area contributed by atoms with E-state index in [9.17, 15) is 9.13 Å². The zero-order chi connectivity index (χ0) is 12.3. The van der Waals surface area contributed by atoms with Gasteiger partial charge in [-0.3, -0.25) is 9.13 Å². The molecule has 0 radical (unpaired) electrons. The number of fused-ring (bicyclic) bond motifs is 1. The summed E-state index contributed by atoms with van der Waals surface area (Å²) in [6.45, 7) is 1.61. The van der Waals surface area contributed by atoms with E-state index in [0.717, 1.165) is 13.2 Å². The third-order valence-electron chi connectivity index (χ3n) is 2.57. The minimum Gasteiger partial charge on any atom is -0.371 e. The first kappa shape index (κ1) is 13.9. The van der Waals surface area contributed by atoms with Gasteiger partial charge < -0.3 is 18.7 Å². The number of hydrogen-bond acceptors (Lipinski definition) is 6. The average Bonchev–Trinajstić information content (AvgIpc) is 3.22. The SMILES string of the molecule is O=PC[C@H]1OC2OC2[C@@H]1P=O.POCC1CO1. The minimum absolute atomic E-state index is 0.0130. The molecule has 17 heavy (non-hydrogen) atoms. The van der Waals surface area contributed by atoms with Crippen LogP contribution in [-0.4, -0.2) is 49.6 Å². The second kappa shape index (κ2) is 6.58. The van der Waals surface area contributed by atoms with Crippen molar-refractivity contribution >= 4 is 26.4 Å². The van der Waals surface area contributed by atoms with Crippen LogP contribution in [0.5, 0.6) is 0 Å². The minimum atomic E-state index is -0.173. The van der Waals surface area contributed by atoms with E-state index in [1.54, 1.807) is 0 Å². The molecule has 0 amide bonds. The van der Waals surface area contributed by atoms with Crippen LogP contribution >= 0.6 is 26.4 Å². The van der Waals surface area contributed by atoms with Gasteiger partial charge in [-0.25, -0.2) is 0 Å². The molecule has 3 saturated heterocycles. The van der Waals surface area contributed by atoms with Crippen LogP contribution in [0.2, 0.25) is 0 Å². The Kier molecular flexibility index (Phi) is 5.38. The van der Waals surface area contributed by atoms with Crippen molar-refractivity contribution in [2.24, 2.45) is 0 Å². The van der Waals surface area contributed by atoms with Crippen LogP contribution in [0.1, 0.15) is 0 Å². The van der Waals surface area contributed by atoms with Crippen LogP contribution in [0.15, 0.2) is 0 Å². The molecule has 9 heteroatoms. The topological polar surface area (TPSA) is 77.7 Å². The van der Waals surface area contributed by atoms with Crippen LogP contribution in [0.3, 0.4) is 0 Å². The maximum atomic E-state index is 10.6. The van der Waals surface area contributed by atoms with Gasteiger partial charge in [0, 0.05) is 9.47 Å². The highest BCUT2D eigenvalue weighted by molar-refractivity contribution is 7.26. The molecule has 0 spiro atoms. The second-order valence-electron chi connectivity index (χ2n) is 3.84. The lowest BCUT2D eigenvalue weighted by atomic mass is 10.2. The smallest absolute Gasteiger partial charge is 0.186 e. The van der Waals surface area contributed by atoms with Gasteiger partial charge in [-0.1, -0.05) is 0 Å². The summed E-state index contributed by atoms with van der Waals surface area (Å²) in [5, 5.41) is 0. The highest BCUT2D eigenvalue weighted by Gasteiger charge is 2.57. The molecular weight excluding hydrogens is 285 g/mol. The second-order valence-corrected chi connectivity index (χ2v) is 5.60. The Labute approximate surface area is 104 Å². The Hall–Kier alpha value is 0.470. The Morgan fingerprint density at radius 1 is 1.35 bits per heavy atom. The van der Waals surface area contributed by atoms with Crippen molar-refractivity contribution < 1.29 is 27.9 Å². The quantitative estimate of drug-likeness (QED) is 0.561. The maximum Gasteiger partial charge on any atom is 0.186 e. The zero-order valence-corrected chi connectivity index (χ0v) is 11.9. The van der Waals surface area contributed by atoms with Crippen molar-refractivity contribution in [3.8, 4) is 0 Å². The zero-order valence-electron chi connectivity index (χ0n) is 8.93. The van der Waals surface area contributed by atoms with Crippen molar-refractivity contribution in [2.75, 3.05) is 19.4 Å². The molecule has 6 atom stereocenters. The van der Waals surface area contributed by atoms with Crippen LogP contribution in [-0.2, 0) is 27.9 Å². The van der Waals surface area contributed by atoms with E-state index in [1.165, 1.54) is 0 Å². The van der Waals surface area contributed by atoms with Gasteiger partial charge in [0.1, 0.15) is 12.2 Å². The van der Waals surface area contributed by atoms with Crippen LogP contribution in [0.4, 0.5) is 0 Å². The lowest BCUT2D eigenvalue weighted by molar-refractivity contribution is 0.00243. The summed E-state index contributed by atoms with van der Waals surface area (Å²) < 4.78 is 40.5. The van der Waals surface area contributed by atoms with Crippen molar-refractivity contribution in [3.05, 3.63) is 0 Å². The molecule has 6 nitrogen and oxygen atoms in total. The Bertz CT molecular complexity index is 286. The third-order valence-corrected chi connectivity index (χ3v) is 4.14. The molecule has 3 aliphatic heterocycles.